The first kappa shape index (κ1) is 6.67. The molecule has 2 amide bonds. The molecule has 0 unspecified atom stereocenters. The Kier molecular flexibility index (Phi) is 1.75. The molecule has 0 aliphatic rings. The number of nitrogens with two attached hydrogens (primary N) is 1. The van der Waals surface area contributed by atoms with Crippen LogP contribution in [0.2, 0.25) is 0 Å². The number of nitrogens with zero attached hydrogens (tertiary/aromatic N) is 2. The Morgan fingerprint density at radius 3 is 2.25 bits per heavy atom. The van der Waals surface area contributed by atoms with Crippen molar-refractivity contribution in [3.05, 3.63) is 10.1 Å². The third-order valence-electron chi connectivity index (χ3n) is 0.564. The second-order valence-corrected chi connectivity index (χ2v) is 1.10. The summed E-state index contributed by atoms with van der Waals surface area (Å²) in [6.45, 7) is 0. The summed E-state index contributed by atoms with van der Waals surface area (Å²) in [4.78, 5) is 19.4. The first-order valence-electron chi connectivity index (χ1n) is 1.73. The van der Waals surface area contributed by atoms with Crippen molar-refractivity contribution in [1.29, 1.82) is 0 Å². The molecule has 46 valence electrons. The topological polar surface area (TPSA) is 89.5 Å². The minimum Gasteiger partial charge on any atom is -0.347 e. The van der Waals surface area contributed by atoms with Gasteiger partial charge in [0.1, 0.15) is 0 Å². The molecule has 0 aromatic carbocycles. The van der Waals surface area contributed by atoms with Gasteiger partial charge >= 0.3 is 6.03 Å². The number of hydrogen-bond donors (Lipinski definition) is 1. The predicted octanol–water partition coefficient (Wildman–Crippen LogP) is -0.811. The lowest BCUT2D eigenvalue weighted by molar-refractivity contribution is -0.625. The van der Waals surface area contributed by atoms with Crippen molar-refractivity contribution in [1.82, 2.24) is 5.01 Å². The van der Waals surface area contributed by atoms with Gasteiger partial charge in [-0.15, -0.1) is 0 Å². The quantitative estimate of drug-likeness (QED) is 0.361. The van der Waals surface area contributed by atoms with Crippen LogP contribution in [0.25, 0.3) is 0 Å². The molecule has 0 rings (SSSR count). The highest BCUT2D eigenvalue weighted by atomic mass is 16.7. The maximum absolute atomic E-state index is 9.85. The van der Waals surface area contributed by atoms with Gasteiger partial charge in [-0.1, -0.05) is 0 Å². The zero-order valence-electron chi connectivity index (χ0n) is 4.20. The number of amides is 2. The van der Waals surface area contributed by atoms with Gasteiger partial charge in [-0.05, 0) is 5.01 Å². The fourth-order valence-corrected chi connectivity index (χ4v) is 0.0805. The number of hydrogen-bond acceptors (Lipinski definition) is 3. The monoisotopic (exact) mass is 119 g/mol. The average molecular weight is 119 g/mol. The van der Waals surface area contributed by atoms with E-state index in [1.54, 1.807) is 0 Å². The van der Waals surface area contributed by atoms with E-state index < -0.39 is 11.1 Å². The lowest BCUT2D eigenvalue weighted by Crippen LogP contribution is -2.36. The fourth-order valence-electron chi connectivity index (χ4n) is 0.0805. The standard InChI is InChI=1S/C2H5N3O3/c1-4(2(3)6)5(7)8/h1H3,(H2,3,6). The molecule has 0 saturated heterocycles. The van der Waals surface area contributed by atoms with Gasteiger partial charge in [-0.3, -0.25) is 0 Å². The van der Waals surface area contributed by atoms with E-state index >= 15 is 0 Å². The molecule has 0 atom stereocenters. The highest BCUT2D eigenvalue weighted by Crippen LogP contribution is 1.77. The Morgan fingerprint density at radius 2 is 2.25 bits per heavy atom. The van der Waals surface area contributed by atoms with E-state index in [1.165, 1.54) is 0 Å². The summed E-state index contributed by atoms with van der Waals surface area (Å²) < 4.78 is 0. The smallest absolute Gasteiger partial charge is 0.347 e. The predicted molar refractivity (Wildman–Crippen MR) is 24.3 cm³/mol. The van der Waals surface area contributed by atoms with Gasteiger partial charge in [0.2, 0.25) is 0 Å². The number of carbonyl (C=O) groups excluding carboxylic acids is 1. The van der Waals surface area contributed by atoms with Crippen LogP contribution in [-0.4, -0.2) is 23.1 Å². The minimum atomic E-state index is -1.07. The highest BCUT2D eigenvalue weighted by molar-refractivity contribution is 5.70. The third-order valence-corrected chi connectivity index (χ3v) is 0.564. The fraction of sp³-hybridized carbons (Fsp3) is 0.500. The van der Waals surface area contributed by atoms with E-state index in [2.05, 4.69) is 5.73 Å². The molecule has 0 aromatic heterocycles. The van der Waals surface area contributed by atoms with Crippen LogP contribution < -0.4 is 5.73 Å². The van der Waals surface area contributed by atoms with Crippen molar-refractivity contribution in [2.75, 3.05) is 7.05 Å². The van der Waals surface area contributed by atoms with Gasteiger partial charge in [0.05, 0.1) is 7.05 Å². The van der Waals surface area contributed by atoms with E-state index in [1.807, 2.05) is 0 Å². The van der Waals surface area contributed by atoms with Crippen molar-refractivity contribution in [3.8, 4) is 0 Å². The lowest BCUT2D eigenvalue weighted by atomic mass is 11.0. The highest BCUT2D eigenvalue weighted by Gasteiger charge is 2.11. The van der Waals surface area contributed by atoms with Gasteiger partial charge in [-0.25, -0.2) is 14.9 Å². The van der Waals surface area contributed by atoms with Crippen molar-refractivity contribution in [3.63, 3.8) is 0 Å². The van der Waals surface area contributed by atoms with Crippen LogP contribution in [0.3, 0.4) is 0 Å². The normalized spacial score (nSPS) is 8.12. The molecular formula is C2H5N3O3. The number of hydrazine groups is 1. The summed E-state index contributed by atoms with van der Waals surface area (Å²) in [5.41, 5.74) is 4.48. The SMILES string of the molecule is CN(C(N)=O)[N+](=O)[O-]. The summed E-state index contributed by atoms with van der Waals surface area (Å²) in [6, 6.07) is -1.07. The zero-order valence-corrected chi connectivity index (χ0v) is 4.20. The van der Waals surface area contributed by atoms with E-state index in [0.29, 0.717) is 0 Å². The number of carbonyl (C=O) groups is 1. The molecule has 0 bridgehead atoms. The molecule has 0 radical (unpaired) electrons. The molecule has 6 heteroatoms. The summed E-state index contributed by atoms with van der Waals surface area (Å²) in [6.07, 6.45) is 0. The Balaban J connectivity index is 3.83. The van der Waals surface area contributed by atoms with Crippen molar-refractivity contribution in [2.45, 2.75) is 0 Å². The molecular weight excluding hydrogens is 114 g/mol. The minimum absolute atomic E-state index is 0.194. The third kappa shape index (κ3) is 1.41. The largest absolute Gasteiger partial charge is 0.372 e. The van der Waals surface area contributed by atoms with Crippen LogP contribution in [0.5, 0.6) is 0 Å². The molecule has 0 aliphatic carbocycles. The van der Waals surface area contributed by atoms with E-state index in [9.17, 15) is 14.9 Å². The maximum atomic E-state index is 9.85. The number of primary amides is 1. The molecule has 0 fully saturated rings. The molecule has 2 N–H and O–H groups in total. The summed E-state index contributed by atoms with van der Waals surface area (Å²) in [7, 11) is 0.975. The molecule has 0 aliphatic heterocycles. The Bertz CT molecular complexity index is 108. The summed E-state index contributed by atoms with van der Waals surface area (Å²) in [5.74, 6) is 0. The second kappa shape index (κ2) is 2.10. The zero-order chi connectivity index (χ0) is 6.73. The number of nitro groups is 1. The lowest BCUT2D eigenvalue weighted by Gasteiger charge is -1.98. The van der Waals surface area contributed by atoms with E-state index in [4.69, 9.17) is 0 Å². The van der Waals surface area contributed by atoms with Crippen LogP contribution in [0.15, 0.2) is 0 Å². The Hall–Kier alpha value is -1.33. The molecule has 8 heavy (non-hydrogen) atoms. The van der Waals surface area contributed by atoms with Gasteiger partial charge < -0.3 is 5.73 Å². The van der Waals surface area contributed by atoms with Crippen LogP contribution in [-0.2, 0) is 0 Å². The van der Waals surface area contributed by atoms with E-state index in [-0.39, 0.29) is 5.01 Å². The Labute approximate surface area is 45.0 Å². The van der Waals surface area contributed by atoms with Crippen LogP contribution >= 0.6 is 0 Å². The molecule has 0 spiro atoms. The second-order valence-electron chi connectivity index (χ2n) is 1.10. The molecule has 0 saturated carbocycles. The van der Waals surface area contributed by atoms with Crippen molar-refractivity contribution in [2.24, 2.45) is 5.73 Å². The van der Waals surface area contributed by atoms with Gasteiger partial charge in [-0.2, -0.15) is 0 Å². The van der Waals surface area contributed by atoms with E-state index in [0.717, 1.165) is 7.05 Å². The number of rotatable bonds is 1. The average Bonchev–Trinajstić information content (AvgIpc) is 1.64. The summed E-state index contributed by atoms with van der Waals surface area (Å²) >= 11 is 0. The Morgan fingerprint density at radius 1 is 1.88 bits per heavy atom. The van der Waals surface area contributed by atoms with Crippen LogP contribution in [0, 0.1) is 10.1 Å². The van der Waals surface area contributed by atoms with Crippen LogP contribution in [0.4, 0.5) is 4.79 Å². The molecule has 6 nitrogen and oxygen atoms in total. The first-order valence-corrected chi connectivity index (χ1v) is 1.73. The summed E-state index contributed by atoms with van der Waals surface area (Å²) in [5, 5.41) is 8.87. The van der Waals surface area contributed by atoms with Gasteiger partial charge in [0.25, 0.3) is 0 Å². The first-order chi connectivity index (χ1) is 3.55. The van der Waals surface area contributed by atoms with Crippen molar-refractivity contribution >= 4 is 6.03 Å². The van der Waals surface area contributed by atoms with Gasteiger partial charge in [0, 0.05) is 0 Å². The van der Waals surface area contributed by atoms with Crippen molar-refractivity contribution < 1.29 is 9.83 Å². The van der Waals surface area contributed by atoms with Gasteiger partial charge in [0.15, 0.2) is 5.03 Å². The van der Waals surface area contributed by atoms with Crippen LogP contribution in [0.1, 0.15) is 0 Å². The number of urea groups is 1. The molecule has 0 heterocycles. The molecule has 0 aromatic rings. The maximum Gasteiger partial charge on any atom is 0.372 e.